The number of H-pyrrole nitrogens is 1. The molecule has 2 aromatic carbocycles. The number of hydrogen-bond donors (Lipinski definition) is 3. The lowest BCUT2D eigenvalue weighted by atomic mass is 10.1. The summed E-state index contributed by atoms with van der Waals surface area (Å²) in [5, 5.41) is 26.6. The molecule has 1 saturated carbocycles. The van der Waals surface area contributed by atoms with Crippen molar-refractivity contribution < 1.29 is 15.0 Å². The molecule has 1 aromatic heterocycles. The molecule has 0 unspecified atom stereocenters. The third kappa shape index (κ3) is 3.26. The van der Waals surface area contributed by atoms with Crippen LogP contribution in [0.1, 0.15) is 28.9 Å². The van der Waals surface area contributed by atoms with Crippen molar-refractivity contribution in [3.8, 4) is 22.8 Å². The predicted molar refractivity (Wildman–Crippen MR) is 96.7 cm³/mol. The van der Waals surface area contributed by atoms with E-state index in [-0.39, 0.29) is 23.4 Å². The molecule has 26 heavy (non-hydrogen) atoms. The number of rotatable bonds is 5. The Hall–Kier alpha value is -3.28. The lowest BCUT2D eigenvalue weighted by Gasteiger charge is -2.21. The number of nitrogens with one attached hydrogen (secondary N) is 1. The largest absolute Gasteiger partial charge is 0.508 e. The van der Waals surface area contributed by atoms with Gasteiger partial charge < -0.3 is 15.1 Å². The molecule has 3 N–H and O–H groups in total. The van der Waals surface area contributed by atoms with Crippen LogP contribution < -0.4 is 0 Å². The molecular formula is C20H19N3O3. The summed E-state index contributed by atoms with van der Waals surface area (Å²) >= 11 is 0. The molecule has 0 saturated heterocycles. The van der Waals surface area contributed by atoms with Crippen LogP contribution in [0.2, 0.25) is 0 Å². The van der Waals surface area contributed by atoms with Crippen molar-refractivity contribution in [1.82, 2.24) is 15.1 Å². The Morgan fingerprint density at radius 2 is 1.92 bits per heavy atom. The van der Waals surface area contributed by atoms with E-state index in [4.69, 9.17) is 0 Å². The Morgan fingerprint density at radius 3 is 2.65 bits per heavy atom. The van der Waals surface area contributed by atoms with Gasteiger partial charge in [0.2, 0.25) is 0 Å². The van der Waals surface area contributed by atoms with Crippen LogP contribution in [0.4, 0.5) is 0 Å². The first-order chi connectivity index (χ1) is 12.6. The summed E-state index contributed by atoms with van der Waals surface area (Å²) in [5.74, 6) is 0.177. The Kier molecular flexibility index (Phi) is 4.08. The van der Waals surface area contributed by atoms with E-state index >= 15 is 0 Å². The van der Waals surface area contributed by atoms with Crippen LogP contribution in [0.3, 0.4) is 0 Å². The summed E-state index contributed by atoms with van der Waals surface area (Å²) < 4.78 is 0. The highest BCUT2D eigenvalue weighted by atomic mass is 16.3. The van der Waals surface area contributed by atoms with Gasteiger partial charge in [-0.1, -0.05) is 24.3 Å². The summed E-state index contributed by atoms with van der Waals surface area (Å²) in [5.41, 5.74) is 2.37. The molecule has 132 valence electrons. The molecule has 4 rings (SSSR count). The van der Waals surface area contributed by atoms with Crippen LogP contribution in [0, 0.1) is 0 Å². The number of aromatic amines is 1. The number of carbonyl (C=O) groups is 1. The first-order valence-corrected chi connectivity index (χ1v) is 8.54. The van der Waals surface area contributed by atoms with Crippen molar-refractivity contribution in [1.29, 1.82) is 0 Å². The molecule has 0 atom stereocenters. The van der Waals surface area contributed by atoms with E-state index < -0.39 is 0 Å². The molecule has 0 spiro atoms. The van der Waals surface area contributed by atoms with E-state index in [1.54, 1.807) is 47.4 Å². The van der Waals surface area contributed by atoms with E-state index in [1.165, 1.54) is 0 Å². The van der Waals surface area contributed by atoms with Gasteiger partial charge >= 0.3 is 0 Å². The molecule has 1 aliphatic carbocycles. The van der Waals surface area contributed by atoms with Crippen molar-refractivity contribution in [3.63, 3.8) is 0 Å². The molecule has 1 amide bonds. The summed E-state index contributed by atoms with van der Waals surface area (Å²) in [4.78, 5) is 14.8. The number of nitrogens with zero attached hydrogens (tertiary/aromatic N) is 2. The second-order valence-corrected chi connectivity index (χ2v) is 6.52. The smallest absolute Gasteiger partial charge is 0.272 e. The zero-order valence-corrected chi connectivity index (χ0v) is 14.1. The van der Waals surface area contributed by atoms with Gasteiger partial charge in [0, 0.05) is 18.2 Å². The van der Waals surface area contributed by atoms with E-state index in [0.29, 0.717) is 23.5 Å². The Labute approximate surface area is 150 Å². The van der Waals surface area contributed by atoms with Gasteiger partial charge in [0.15, 0.2) is 0 Å². The number of aromatic nitrogens is 2. The highest BCUT2D eigenvalue weighted by molar-refractivity contribution is 5.94. The van der Waals surface area contributed by atoms with Gasteiger partial charge in [-0.25, -0.2) is 0 Å². The standard InChI is InChI=1S/C20H19N3O3/c24-15-5-3-4-13(10-15)12-23(14-8-9-14)20(26)18-11-17(21-22-18)16-6-1-2-7-19(16)25/h1-7,10-11,14,24-25H,8-9,12H2,(H,21,22). The van der Waals surface area contributed by atoms with Crippen LogP contribution in [0.25, 0.3) is 11.3 Å². The first kappa shape index (κ1) is 16.2. The number of para-hydroxylation sites is 1. The average Bonchev–Trinajstić information content (AvgIpc) is 3.36. The zero-order chi connectivity index (χ0) is 18.1. The fourth-order valence-corrected chi connectivity index (χ4v) is 3.02. The highest BCUT2D eigenvalue weighted by Gasteiger charge is 2.34. The zero-order valence-electron chi connectivity index (χ0n) is 14.1. The van der Waals surface area contributed by atoms with E-state index in [0.717, 1.165) is 18.4 Å². The average molecular weight is 349 g/mol. The van der Waals surface area contributed by atoms with Crippen LogP contribution in [0.5, 0.6) is 11.5 Å². The molecule has 1 heterocycles. The summed E-state index contributed by atoms with van der Waals surface area (Å²) in [6.45, 7) is 0.433. The van der Waals surface area contributed by atoms with Gasteiger partial charge in [-0.2, -0.15) is 5.10 Å². The number of aromatic hydroxyl groups is 2. The van der Waals surface area contributed by atoms with Gasteiger partial charge in [-0.05, 0) is 48.7 Å². The Bertz CT molecular complexity index is 947. The minimum atomic E-state index is -0.134. The van der Waals surface area contributed by atoms with E-state index in [9.17, 15) is 15.0 Å². The molecule has 0 radical (unpaired) electrons. The SMILES string of the molecule is O=C(c1cc(-c2ccccc2O)n[nH]1)N(Cc1cccc(O)c1)C1CC1. The molecule has 1 aliphatic rings. The fourth-order valence-electron chi connectivity index (χ4n) is 3.02. The Balaban J connectivity index is 1.58. The van der Waals surface area contributed by atoms with Crippen molar-refractivity contribution in [3.05, 3.63) is 65.9 Å². The minimum Gasteiger partial charge on any atom is -0.508 e. The molecule has 3 aromatic rings. The summed E-state index contributed by atoms with van der Waals surface area (Å²) in [7, 11) is 0. The second-order valence-electron chi connectivity index (χ2n) is 6.52. The second kappa shape index (κ2) is 6.55. The number of benzene rings is 2. The molecule has 1 fully saturated rings. The number of phenols is 2. The van der Waals surface area contributed by atoms with Gasteiger partial charge in [-0.15, -0.1) is 0 Å². The van der Waals surface area contributed by atoms with E-state index in [1.807, 2.05) is 12.1 Å². The van der Waals surface area contributed by atoms with Gasteiger partial charge in [0.1, 0.15) is 17.2 Å². The van der Waals surface area contributed by atoms with Crippen molar-refractivity contribution in [2.75, 3.05) is 0 Å². The number of carbonyl (C=O) groups excluding carboxylic acids is 1. The van der Waals surface area contributed by atoms with Gasteiger partial charge in [0.05, 0.1) is 5.69 Å². The molecule has 6 nitrogen and oxygen atoms in total. The first-order valence-electron chi connectivity index (χ1n) is 8.54. The highest BCUT2D eigenvalue weighted by Crippen LogP contribution is 2.31. The lowest BCUT2D eigenvalue weighted by molar-refractivity contribution is 0.0723. The summed E-state index contributed by atoms with van der Waals surface area (Å²) in [6, 6.07) is 15.7. The van der Waals surface area contributed by atoms with Gasteiger partial charge in [0.25, 0.3) is 5.91 Å². The lowest BCUT2D eigenvalue weighted by Crippen LogP contribution is -2.32. The maximum absolute atomic E-state index is 13.0. The quantitative estimate of drug-likeness (QED) is 0.659. The van der Waals surface area contributed by atoms with Crippen molar-refractivity contribution in [2.24, 2.45) is 0 Å². The third-order valence-electron chi connectivity index (χ3n) is 4.50. The molecule has 6 heteroatoms. The molecule has 0 bridgehead atoms. The van der Waals surface area contributed by atoms with Crippen molar-refractivity contribution in [2.45, 2.75) is 25.4 Å². The normalized spacial score (nSPS) is 13.5. The molecular weight excluding hydrogens is 330 g/mol. The summed E-state index contributed by atoms with van der Waals surface area (Å²) in [6.07, 6.45) is 1.95. The maximum atomic E-state index is 13.0. The van der Waals surface area contributed by atoms with Crippen LogP contribution in [-0.2, 0) is 6.54 Å². The van der Waals surface area contributed by atoms with Crippen LogP contribution in [-0.4, -0.2) is 37.3 Å². The number of hydrogen-bond acceptors (Lipinski definition) is 4. The third-order valence-corrected chi connectivity index (χ3v) is 4.50. The fraction of sp³-hybridized carbons (Fsp3) is 0.200. The molecule has 0 aliphatic heterocycles. The monoisotopic (exact) mass is 349 g/mol. The maximum Gasteiger partial charge on any atom is 0.272 e. The van der Waals surface area contributed by atoms with E-state index in [2.05, 4.69) is 10.2 Å². The van der Waals surface area contributed by atoms with Gasteiger partial charge in [-0.3, -0.25) is 9.89 Å². The van der Waals surface area contributed by atoms with Crippen molar-refractivity contribution >= 4 is 5.91 Å². The van der Waals surface area contributed by atoms with Crippen LogP contribution in [0.15, 0.2) is 54.6 Å². The van der Waals surface area contributed by atoms with Crippen LogP contribution >= 0.6 is 0 Å². The topological polar surface area (TPSA) is 89.4 Å². The predicted octanol–water partition coefficient (Wildman–Crippen LogP) is 3.29. The minimum absolute atomic E-state index is 0.122. The number of amides is 1. The Morgan fingerprint density at radius 1 is 1.12 bits per heavy atom. The number of phenolic OH excluding ortho intramolecular Hbond substituents is 2.